The topological polar surface area (TPSA) is 58.6 Å². The van der Waals surface area contributed by atoms with E-state index < -0.39 is 0 Å². The fourth-order valence-electron chi connectivity index (χ4n) is 2.04. The monoisotopic (exact) mass is 256 g/mol. The molecule has 5 heteroatoms. The molecule has 0 spiro atoms. The van der Waals surface area contributed by atoms with Gasteiger partial charge in [0.25, 0.3) is 0 Å². The van der Waals surface area contributed by atoms with Crippen molar-refractivity contribution < 1.29 is 14.3 Å². The zero-order chi connectivity index (χ0) is 13.4. The molecule has 0 radical (unpaired) electrons. The minimum atomic E-state index is -0.228. The molecular formula is C13H24N2O3. The summed E-state index contributed by atoms with van der Waals surface area (Å²) in [5, 5.41) is 2.83. The van der Waals surface area contributed by atoms with Crippen LogP contribution < -0.4 is 5.32 Å². The molecule has 1 amide bonds. The Morgan fingerprint density at radius 3 is 2.61 bits per heavy atom. The molecule has 1 N–H and O–H groups in total. The van der Waals surface area contributed by atoms with E-state index in [0.717, 1.165) is 19.0 Å². The number of esters is 1. The third kappa shape index (κ3) is 6.00. The highest BCUT2D eigenvalue weighted by Crippen LogP contribution is 2.15. The van der Waals surface area contributed by atoms with E-state index in [9.17, 15) is 9.59 Å². The number of carbonyl (C=O) groups is 2. The summed E-state index contributed by atoms with van der Waals surface area (Å²) in [6.07, 6.45) is 3.35. The van der Waals surface area contributed by atoms with Gasteiger partial charge in [-0.2, -0.15) is 0 Å². The van der Waals surface area contributed by atoms with Gasteiger partial charge in [-0.05, 0) is 38.3 Å². The molecule has 5 nitrogen and oxygen atoms in total. The van der Waals surface area contributed by atoms with Crippen LogP contribution in [0.3, 0.4) is 0 Å². The predicted molar refractivity (Wildman–Crippen MR) is 69.1 cm³/mol. The third-order valence-corrected chi connectivity index (χ3v) is 3.35. The van der Waals surface area contributed by atoms with E-state index in [2.05, 4.69) is 21.9 Å². The Hall–Kier alpha value is -1.10. The lowest BCUT2D eigenvalue weighted by Crippen LogP contribution is -2.41. The van der Waals surface area contributed by atoms with Crippen LogP contribution in [0.15, 0.2) is 0 Å². The molecule has 104 valence electrons. The lowest BCUT2D eigenvalue weighted by molar-refractivity contribution is -0.140. The summed E-state index contributed by atoms with van der Waals surface area (Å²) < 4.78 is 4.53. The van der Waals surface area contributed by atoms with Gasteiger partial charge < -0.3 is 10.1 Å². The quantitative estimate of drug-likeness (QED) is 0.564. The zero-order valence-electron chi connectivity index (χ0n) is 11.4. The first-order valence-electron chi connectivity index (χ1n) is 6.67. The van der Waals surface area contributed by atoms with Gasteiger partial charge in [0.05, 0.1) is 13.7 Å². The first kappa shape index (κ1) is 15.0. The van der Waals surface area contributed by atoms with E-state index in [0.29, 0.717) is 25.9 Å². The van der Waals surface area contributed by atoms with Gasteiger partial charge in [0.15, 0.2) is 0 Å². The molecule has 0 aromatic rings. The molecule has 0 aliphatic carbocycles. The lowest BCUT2D eigenvalue weighted by atomic mass is 9.99. The summed E-state index contributed by atoms with van der Waals surface area (Å²) in [5.74, 6) is 0.605. The van der Waals surface area contributed by atoms with Crippen LogP contribution in [0.25, 0.3) is 0 Å². The number of amides is 1. The van der Waals surface area contributed by atoms with Gasteiger partial charge >= 0.3 is 5.97 Å². The molecule has 1 heterocycles. The first-order chi connectivity index (χ1) is 8.61. The van der Waals surface area contributed by atoms with E-state index in [1.165, 1.54) is 20.0 Å². The van der Waals surface area contributed by atoms with Gasteiger partial charge in [0.1, 0.15) is 0 Å². The van der Waals surface area contributed by atoms with Crippen LogP contribution in [0, 0.1) is 5.92 Å². The Morgan fingerprint density at radius 2 is 2.00 bits per heavy atom. The Bertz CT molecular complexity index is 273. The molecule has 0 saturated carbocycles. The number of piperidine rings is 1. The molecule has 0 aromatic heterocycles. The number of rotatable bonds is 6. The van der Waals surface area contributed by atoms with Crippen molar-refractivity contribution in [3.63, 3.8) is 0 Å². The van der Waals surface area contributed by atoms with Crippen molar-refractivity contribution in [2.24, 2.45) is 5.92 Å². The predicted octanol–water partition coefficient (Wildman–Crippen LogP) is 0.788. The van der Waals surface area contributed by atoms with Crippen LogP contribution in [-0.2, 0) is 14.3 Å². The second kappa shape index (κ2) is 8.08. The van der Waals surface area contributed by atoms with E-state index in [4.69, 9.17) is 0 Å². The maximum absolute atomic E-state index is 11.6. The van der Waals surface area contributed by atoms with E-state index in [1.54, 1.807) is 0 Å². The molecule has 1 aliphatic rings. The van der Waals surface area contributed by atoms with Crippen molar-refractivity contribution in [2.45, 2.75) is 32.6 Å². The molecule has 1 fully saturated rings. The fourth-order valence-corrected chi connectivity index (χ4v) is 2.04. The summed E-state index contributed by atoms with van der Waals surface area (Å²) in [6, 6.07) is 0. The smallest absolute Gasteiger partial charge is 0.305 e. The van der Waals surface area contributed by atoms with Crippen LogP contribution >= 0.6 is 0 Å². The minimum absolute atomic E-state index is 0.0504. The van der Waals surface area contributed by atoms with Gasteiger partial charge in [0, 0.05) is 13.0 Å². The van der Waals surface area contributed by atoms with Gasteiger partial charge in [-0.1, -0.05) is 6.92 Å². The van der Waals surface area contributed by atoms with Crippen LogP contribution in [0.1, 0.15) is 32.6 Å². The Kier molecular flexibility index (Phi) is 6.72. The van der Waals surface area contributed by atoms with Gasteiger partial charge in [0.2, 0.25) is 5.91 Å². The van der Waals surface area contributed by atoms with Crippen molar-refractivity contribution >= 4 is 11.9 Å². The summed E-state index contributed by atoms with van der Waals surface area (Å²) in [4.78, 5) is 24.7. The number of likely N-dealkylation sites (tertiary alicyclic amines) is 1. The third-order valence-electron chi connectivity index (χ3n) is 3.35. The summed E-state index contributed by atoms with van der Waals surface area (Å²) >= 11 is 0. The highest BCUT2D eigenvalue weighted by Gasteiger charge is 2.17. The molecule has 1 saturated heterocycles. The van der Waals surface area contributed by atoms with Crippen molar-refractivity contribution in [1.29, 1.82) is 0 Å². The number of hydrogen-bond acceptors (Lipinski definition) is 4. The van der Waals surface area contributed by atoms with E-state index in [1.807, 2.05) is 0 Å². The molecule has 1 rings (SSSR count). The largest absolute Gasteiger partial charge is 0.469 e. The van der Waals surface area contributed by atoms with Crippen molar-refractivity contribution in [2.75, 3.05) is 33.3 Å². The number of hydrogen-bond donors (Lipinski definition) is 1. The Labute approximate surface area is 109 Å². The number of nitrogens with zero attached hydrogens (tertiary/aromatic N) is 1. The normalized spacial score (nSPS) is 17.4. The van der Waals surface area contributed by atoms with Crippen molar-refractivity contribution in [3.8, 4) is 0 Å². The molecule has 0 bridgehead atoms. The lowest BCUT2D eigenvalue weighted by Gasteiger charge is -2.29. The molecule has 0 aromatic carbocycles. The standard InChI is InChI=1S/C13H24N2O3/c1-11-5-8-15(9-6-11)10-12(16)14-7-3-4-13(17)18-2/h11H,3-10H2,1-2H3,(H,14,16). The second-order valence-electron chi connectivity index (χ2n) is 4.99. The number of carbonyl (C=O) groups excluding carboxylic acids is 2. The highest BCUT2D eigenvalue weighted by atomic mass is 16.5. The second-order valence-corrected chi connectivity index (χ2v) is 4.99. The van der Waals surface area contributed by atoms with E-state index >= 15 is 0 Å². The van der Waals surface area contributed by atoms with Crippen LogP contribution in [-0.4, -0.2) is 50.1 Å². The van der Waals surface area contributed by atoms with Gasteiger partial charge in [-0.25, -0.2) is 0 Å². The van der Waals surface area contributed by atoms with Gasteiger partial charge in [-0.15, -0.1) is 0 Å². The van der Waals surface area contributed by atoms with Crippen molar-refractivity contribution in [1.82, 2.24) is 10.2 Å². The van der Waals surface area contributed by atoms with Crippen LogP contribution in [0.4, 0.5) is 0 Å². The number of nitrogens with one attached hydrogen (secondary N) is 1. The Balaban J connectivity index is 2.05. The highest BCUT2D eigenvalue weighted by molar-refractivity contribution is 5.78. The summed E-state index contributed by atoms with van der Waals surface area (Å²) in [7, 11) is 1.37. The SMILES string of the molecule is COC(=O)CCCNC(=O)CN1CCC(C)CC1. The van der Waals surface area contributed by atoms with E-state index in [-0.39, 0.29) is 11.9 Å². The first-order valence-corrected chi connectivity index (χ1v) is 6.67. The maximum atomic E-state index is 11.6. The summed E-state index contributed by atoms with van der Waals surface area (Å²) in [6.45, 7) is 5.29. The molecule has 0 unspecified atom stereocenters. The molecule has 18 heavy (non-hydrogen) atoms. The average Bonchev–Trinajstić information content (AvgIpc) is 2.37. The fraction of sp³-hybridized carbons (Fsp3) is 0.846. The average molecular weight is 256 g/mol. The Morgan fingerprint density at radius 1 is 1.33 bits per heavy atom. The van der Waals surface area contributed by atoms with Gasteiger partial charge in [-0.3, -0.25) is 14.5 Å². The number of ether oxygens (including phenoxy) is 1. The summed E-state index contributed by atoms with van der Waals surface area (Å²) in [5.41, 5.74) is 0. The minimum Gasteiger partial charge on any atom is -0.469 e. The molecule has 0 atom stereocenters. The molecule has 1 aliphatic heterocycles. The number of methoxy groups -OCH3 is 1. The van der Waals surface area contributed by atoms with Crippen LogP contribution in [0.2, 0.25) is 0 Å². The van der Waals surface area contributed by atoms with Crippen molar-refractivity contribution in [3.05, 3.63) is 0 Å². The van der Waals surface area contributed by atoms with Crippen LogP contribution in [0.5, 0.6) is 0 Å². The zero-order valence-corrected chi connectivity index (χ0v) is 11.4. The maximum Gasteiger partial charge on any atom is 0.305 e. The molecular weight excluding hydrogens is 232 g/mol.